The second-order valence-corrected chi connectivity index (χ2v) is 6.17. The first-order valence-corrected chi connectivity index (χ1v) is 7.27. The van der Waals surface area contributed by atoms with Crippen molar-refractivity contribution >= 4 is 37.6 Å². The molecule has 1 aromatic carbocycles. The highest BCUT2D eigenvalue weighted by Crippen LogP contribution is 2.24. The zero-order valence-electron chi connectivity index (χ0n) is 8.41. The third kappa shape index (κ3) is 3.71. The second kappa shape index (κ2) is 5.97. The lowest BCUT2D eigenvalue weighted by molar-refractivity contribution is 0.579. The third-order valence-corrected chi connectivity index (χ3v) is 4.29. The number of benzene rings is 1. The smallest absolute Gasteiger partial charge is 0.242 e. The van der Waals surface area contributed by atoms with Crippen molar-refractivity contribution in [2.75, 3.05) is 13.1 Å². The zero-order chi connectivity index (χ0) is 12.2. The van der Waals surface area contributed by atoms with E-state index >= 15 is 0 Å². The van der Waals surface area contributed by atoms with Crippen LogP contribution >= 0.6 is 27.5 Å². The number of hydrogen-bond acceptors (Lipinski definition) is 3. The first-order valence-electron chi connectivity index (χ1n) is 4.62. The highest BCUT2D eigenvalue weighted by atomic mass is 79.9. The maximum atomic E-state index is 11.8. The SMILES string of the molecule is NCCCNS(=O)(=O)c1ccc(Br)cc1Cl. The van der Waals surface area contributed by atoms with Gasteiger partial charge in [0.05, 0.1) is 5.02 Å². The first-order chi connectivity index (χ1) is 7.47. The van der Waals surface area contributed by atoms with Gasteiger partial charge in [-0.15, -0.1) is 0 Å². The molecule has 0 aromatic heterocycles. The van der Waals surface area contributed by atoms with E-state index in [2.05, 4.69) is 20.7 Å². The number of nitrogens with two attached hydrogens (primary N) is 1. The number of hydrogen-bond donors (Lipinski definition) is 2. The molecule has 4 nitrogen and oxygen atoms in total. The predicted octanol–water partition coefficient (Wildman–Crippen LogP) is 1.73. The molecule has 0 bridgehead atoms. The van der Waals surface area contributed by atoms with Gasteiger partial charge in [0.25, 0.3) is 0 Å². The average Bonchev–Trinajstić information content (AvgIpc) is 2.17. The summed E-state index contributed by atoms with van der Waals surface area (Å²) < 4.78 is 26.7. The average molecular weight is 328 g/mol. The van der Waals surface area contributed by atoms with Crippen molar-refractivity contribution in [1.82, 2.24) is 4.72 Å². The van der Waals surface area contributed by atoms with Crippen LogP contribution in [0.3, 0.4) is 0 Å². The van der Waals surface area contributed by atoms with Gasteiger partial charge in [-0.2, -0.15) is 0 Å². The van der Waals surface area contributed by atoms with Crippen LogP contribution in [0.2, 0.25) is 5.02 Å². The van der Waals surface area contributed by atoms with Gasteiger partial charge >= 0.3 is 0 Å². The van der Waals surface area contributed by atoms with Gasteiger partial charge in [-0.3, -0.25) is 0 Å². The van der Waals surface area contributed by atoms with Crippen LogP contribution in [0.4, 0.5) is 0 Å². The first kappa shape index (κ1) is 13.9. The van der Waals surface area contributed by atoms with E-state index in [1.807, 2.05) is 0 Å². The molecule has 0 amide bonds. The Morgan fingerprint density at radius 1 is 1.44 bits per heavy atom. The molecule has 0 unspecified atom stereocenters. The third-order valence-electron chi connectivity index (χ3n) is 1.86. The van der Waals surface area contributed by atoms with Crippen molar-refractivity contribution in [3.05, 3.63) is 27.7 Å². The lowest BCUT2D eigenvalue weighted by Crippen LogP contribution is -2.26. The van der Waals surface area contributed by atoms with Gasteiger partial charge in [0, 0.05) is 11.0 Å². The van der Waals surface area contributed by atoms with E-state index in [4.69, 9.17) is 17.3 Å². The second-order valence-electron chi connectivity index (χ2n) is 3.11. The van der Waals surface area contributed by atoms with Crippen LogP contribution in [0.1, 0.15) is 6.42 Å². The molecule has 1 rings (SSSR count). The van der Waals surface area contributed by atoms with Crippen molar-refractivity contribution in [3.63, 3.8) is 0 Å². The highest BCUT2D eigenvalue weighted by molar-refractivity contribution is 9.10. The lowest BCUT2D eigenvalue weighted by Gasteiger charge is -2.07. The maximum Gasteiger partial charge on any atom is 0.242 e. The summed E-state index contributed by atoms with van der Waals surface area (Å²) in [6, 6.07) is 4.62. The largest absolute Gasteiger partial charge is 0.330 e. The molecule has 90 valence electrons. The number of halogens is 2. The van der Waals surface area contributed by atoms with E-state index in [9.17, 15) is 8.42 Å². The molecule has 0 spiro atoms. The number of nitrogens with one attached hydrogen (secondary N) is 1. The molecule has 0 fully saturated rings. The van der Waals surface area contributed by atoms with Crippen LogP contribution in [0.25, 0.3) is 0 Å². The Kier molecular flexibility index (Phi) is 5.20. The van der Waals surface area contributed by atoms with Gasteiger partial charge in [0.15, 0.2) is 0 Å². The normalized spacial score (nSPS) is 11.7. The van der Waals surface area contributed by atoms with Crippen molar-refractivity contribution in [2.24, 2.45) is 5.73 Å². The van der Waals surface area contributed by atoms with Crippen molar-refractivity contribution in [2.45, 2.75) is 11.3 Å². The fraction of sp³-hybridized carbons (Fsp3) is 0.333. The summed E-state index contributed by atoms with van der Waals surface area (Å²) in [6.07, 6.45) is 0.591. The molecule has 1 aromatic rings. The van der Waals surface area contributed by atoms with E-state index in [0.29, 0.717) is 19.5 Å². The van der Waals surface area contributed by atoms with E-state index < -0.39 is 10.0 Å². The molecule has 7 heteroatoms. The minimum absolute atomic E-state index is 0.0781. The Bertz CT molecular complexity index is 465. The summed E-state index contributed by atoms with van der Waals surface area (Å²) in [5, 5.41) is 0.189. The Hall–Kier alpha value is -0.140. The Morgan fingerprint density at radius 3 is 2.69 bits per heavy atom. The molecule has 0 aliphatic carbocycles. The molecular formula is C9H12BrClN2O2S. The Morgan fingerprint density at radius 2 is 2.12 bits per heavy atom. The summed E-state index contributed by atoms with van der Waals surface area (Å²) in [5.41, 5.74) is 5.28. The van der Waals surface area contributed by atoms with Crippen LogP contribution in [0.5, 0.6) is 0 Å². The quantitative estimate of drug-likeness (QED) is 0.809. The molecule has 0 aliphatic heterocycles. The molecule has 16 heavy (non-hydrogen) atoms. The van der Waals surface area contributed by atoms with Crippen molar-refractivity contribution < 1.29 is 8.42 Å². The van der Waals surface area contributed by atoms with Crippen molar-refractivity contribution in [3.8, 4) is 0 Å². The van der Waals surface area contributed by atoms with E-state index in [1.165, 1.54) is 6.07 Å². The lowest BCUT2D eigenvalue weighted by atomic mass is 10.4. The van der Waals surface area contributed by atoms with Crippen LogP contribution < -0.4 is 10.5 Å². The van der Waals surface area contributed by atoms with Crippen LogP contribution in [0.15, 0.2) is 27.6 Å². The fourth-order valence-electron chi connectivity index (χ4n) is 1.08. The monoisotopic (exact) mass is 326 g/mol. The minimum Gasteiger partial charge on any atom is -0.330 e. The zero-order valence-corrected chi connectivity index (χ0v) is 11.6. The number of rotatable bonds is 5. The molecule has 0 heterocycles. The summed E-state index contributed by atoms with van der Waals surface area (Å²) in [5.74, 6) is 0. The molecule has 0 aliphatic rings. The van der Waals surface area contributed by atoms with Gasteiger partial charge < -0.3 is 5.73 Å². The molecule has 3 N–H and O–H groups in total. The van der Waals surface area contributed by atoms with Gasteiger partial charge in [-0.1, -0.05) is 27.5 Å². The topological polar surface area (TPSA) is 72.2 Å². The van der Waals surface area contributed by atoms with E-state index in [1.54, 1.807) is 12.1 Å². The van der Waals surface area contributed by atoms with E-state index in [0.717, 1.165) is 4.47 Å². The molecular weight excluding hydrogens is 316 g/mol. The Labute approximate surface area is 108 Å². The van der Waals surface area contributed by atoms with Crippen LogP contribution in [-0.4, -0.2) is 21.5 Å². The van der Waals surface area contributed by atoms with Gasteiger partial charge in [0.2, 0.25) is 10.0 Å². The summed E-state index contributed by atoms with van der Waals surface area (Å²) in [7, 11) is -3.54. The molecule has 0 atom stereocenters. The summed E-state index contributed by atoms with van der Waals surface area (Å²) >= 11 is 9.06. The van der Waals surface area contributed by atoms with Gasteiger partial charge in [-0.05, 0) is 31.2 Å². The van der Waals surface area contributed by atoms with Gasteiger partial charge in [-0.25, -0.2) is 13.1 Å². The van der Waals surface area contributed by atoms with Gasteiger partial charge in [0.1, 0.15) is 4.90 Å². The van der Waals surface area contributed by atoms with Crippen LogP contribution in [-0.2, 0) is 10.0 Å². The maximum absolute atomic E-state index is 11.8. The predicted molar refractivity (Wildman–Crippen MR) is 68.0 cm³/mol. The van der Waals surface area contributed by atoms with Crippen LogP contribution in [0, 0.1) is 0 Å². The summed E-state index contributed by atoms with van der Waals surface area (Å²) in [6.45, 7) is 0.752. The van der Waals surface area contributed by atoms with Crippen molar-refractivity contribution in [1.29, 1.82) is 0 Å². The molecule has 0 saturated carbocycles. The standard InChI is InChI=1S/C9H12BrClN2O2S/c10-7-2-3-9(8(11)6-7)16(14,15)13-5-1-4-12/h2-3,6,13H,1,4-5,12H2. The van der Waals surface area contributed by atoms with E-state index in [-0.39, 0.29) is 9.92 Å². The highest BCUT2D eigenvalue weighted by Gasteiger charge is 2.16. The summed E-state index contributed by atoms with van der Waals surface area (Å²) in [4.78, 5) is 0.0781. The fourth-order valence-corrected chi connectivity index (χ4v) is 3.19. The molecule has 0 radical (unpaired) electrons. The minimum atomic E-state index is -3.54. The Balaban J connectivity index is 2.90. The molecule has 0 saturated heterocycles. The number of sulfonamides is 1.